The molecule has 1 amide bonds. The van der Waals surface area contributed by atoms with Gasteiger partial charge in [0.1, 0.15) is 4.90 Å². The second-order valence-corrected chi connectivity index (χ2v) is 7.36. The zero-order valence-corrected chi connectivity index (χ0v) is 13.3. The molecule has 0 fully saturated rings. The van der Waals surface area contributed by atoms with Gasteiger partial charge in [0.15, 0.2) is 0 Å². The van der Waals surface area contributed by atoms with Crippen LogP contribution in [0.15, 0.2) is 23.1 Å². The fraction of sp³-hybridized carbons (Fsp3) is 0.429. The Morgan fingerprint density at radius 1 is 1.27 bits per heavy atom. The van der Waals surface area contributed by atoms with Crippen molar-refractivity contribution in [2.45, 2.75) is 24.2 Å². The second-order valence-electron chi connectivity index (χ2n) is 5.24. The Bertz CT molecular complexity index is 712. The van der Waals surface area contributed by atoms with Crippen LogP contribution in [0.4, 0.5) is 5.69 Å². The quantitative estimate of drug-likeness (QED) is 0.859. The molecular formula is C14H18N2O5S. The van der Waals surface area contributed by atoms with E-state index in [1.54, 1.807) is 12.1 Å². The molecule has 22 heavy (non-hydrogen) atoms. The van der Waals surface area contributed by atoms with Crippen LogP contribution in [-0.2, 0) is 26.0 Å². The summed E-state index contributed by atoms with van der Waals surface area (Å²) in [7, 11) is -0.815. The number of hydrogen-bond acceptors (Lipinski definition) is 4. The molecule has 2 rings (SSSR count). The topological polar surface area (TPSA) is 95.0 Å². The van der Waals surface area contributed by atoms with Crippen LogP contribution >= 0.6 is 0 Å². The summed E-state index contributed by atoms with van der Waals surface area (Å²) in [6.45, 7) is 0.369. The highest BCUT2D eigenvalue weighted by Gasteiger charge is 2.32. The highest BCUT2D eigenvalue weighted by Crippen LogP contribution is 2.36. The minimum Gasteiger partial charge on any atom is -0.481 e. The van der Waals surface area contributed by atoms with Gasteiger partial charge in [-0.2, -0.15) is 0 Å². The van der Waals surface area contributed by atoms with Crippen LogP contribution in [0.5, 0.6) is 0 Å². The molecule has 0 aliphatic carbocycles. The first-order valence-corrected chi connectivity index (χ1v) is 8.25. The Morgan fingerprint density at radius 3 is 2.55 bits per heavy atom. The van der Waals surface area contributed by atoms with E-state index in [0.717, 1.165) is 9.87 Å². The van der Waals surface area contributed by atoms with Crippen molar-refractivity contribution < 1.29 is 23.1 Å². The molecule has 0 radical (unpaired) electrons. The first-order valence-electron chi connectivity index (χ1n) is 6.81. The lowest BCUT2D eigenvalue weighted by molar-refractivity contribution is -0.138. The Hall–Kier alpha value is -1.93. The van der Waals surface area contributed by atoms with Crippen LogP contribution in [0.3, 0.4) is 0 Å². The first-order chi connectivity index (χ1) is 10.2. The Morgan fingerprint density at radius 2 is 1.95 bits per heavy atom. The van der Waals surface area contributed by atoms with Crippen LogP contribution < -0.4 is 4.90 Å². The van der Waals surface area contributed by atoms with E-state index < -0.39 is 16.0 Å². The maximum atomic E-state index is 12.4. The third-order valence-corrected chi connectivity index (χ3v) is 5.42. The highest BCUT2D eigenvalue weighted by atomic mass is 32.2. The van der Waals surface area contributed by atoms with Gasteiger partial charge in [-0.15, -0.1) is 0 Å². The molecule has 1 aromatic rings. The number of para-hydroxylation sites is 1. The Labute approximate surface area is 129 Å². The van der Waals surface area contributed by atoms with E-state index in [2.05, 4.69) is 0 Å². The number of fused-ring (bicyclic) bond motifs is 1. The molecule has 0 aromatic heterocycles. The van der Waals surface area contributed by atoms with E-state index >= 15 is 0 Å². The highest BCUT2D eigenvalue weighted by molar-refractivity contribution is 7.89. The molecule has 0 bridgehead atoms. The number of carbonyl (C=O) groups excluding carboxylic acids is 1. The average molecular weight is 326 g/mol. The molecule has 1 aliphatic rings. The summed E-state index contributed by atoms with van der Waals surface area (Å²) < 4.78 is 25.9. The van der Waals surface area contributed by atoms with Crippen molar-refractivity contribution in [2.75, 3.05) is 25.5 Å². The summed E-state index contributed by atoms with van der Waals surface area (Å²) in [5, 5.41) is 8.68. The molecule has 1 heterocycles. The Balaban J connectivity index is 2.42. The molecule has 0 spiro atoms. The third-order valence-electron chi connectivity index (χ3n) is 3.57. The lowest BCUT2D eigenvalue weighted by Crippen LogP contribution is -2.31. The number of rotatable bonds is 5. The standard InChI is InChI=1S/C14H18N2O5S/c1-15(2)22(20,21)11-5-3-4-10-8-9-16(14(10)11)12(17)6-7-13(18)19/h3-5H,6-9H2,1-2H3,(H,18,19). The number of carbonyl (C=O) groups is 2. The number of amides is 1. The summed E-state index contributed by atoms with van der Waals surface area (Å²) in [6.07, 6.45) is 0.142. The van der Waals surface area contributed by atoms with Gasteiger partial charge in [-0.25, -0.2) is 12.7 Å². The predicted octanol–water partition coefficient (Wildman–Crippen LogP) is 0.691. The normalized spacial score (nSPS) is 14.2. The van der Waals surface area contributed by atoms with Gasteiger partial charge in [-0.05, 0) is 18.1 Å². The van der Waals surface area contributed by atoms with Crippen LogP contribution in [0.25, 0.3) is 0 Å². The summed E-state index contributed by atoms with van der Waals surface area (Å²) in [5.74, 6) is -1.43. The molecule has 0 unspecified atom stereocenters. The zero-order valence-electron chi connectivity index (χ0n) is 12.4. The van der Waals surface area contributed by atoms with Crippen molar-refractivity contribution in [1.82, 2.24) is 4.31 Å². The summed E-state index contributed by atoms with van der Waals surface area (Å²) in [6, 6.07) is 4.91. The molecule has 7 nitrogen and oxygen atoms in total. The van der Waals surface area contributed by atoms with Crippen molar-refractivity contribution in [3.63, 3.8) is 0 Å². The monoisotopic (exact) mass is 326 g/mol. The van der Waals surface area contributed by atoms with E-state index in [1.807, 2.05) is 0 Å². The fourth-order valence-electron chi connectivity index (χ4n) is 2.42. The van der Waals surface area contributed by atoms with Gasteiger partial charge in [0.05, 0.1) is 12.1 Å². The number of aliphatic carboxylic acids is 1. The number of hydrogen-bond donors (Lipinski definition) is 1. The number of carboxylic acid groups (broad SMARTS) is 1. The van der Waals surface area contributed by atoms with Gasteiger partial charge < -0.3 is 10.0 Å². The number of sulfonamides is 1. The molecule has 0 atom stereocenters. The molecule has 1 aliphatic heterocycles. The fourth-order valence-corrected chi connectivity index (χ4v) is 3.55. The van der Waals surface area contributed by atoms with Crippen LogP contribution in [0.1, 0.15) is 18.4 Å². The molecule has 120 valence electrons. The van der Waals surface area contributed by atoms with Crippen molar-refractivity contribution in [3.05, 3.63) is 23.8 Å². The molecule has 1 aromatic carbocycles. The minimum atomic E-state index is -3.68. The van der Waals surface area contributed by atoms with Crippen molar-refractivity contribution in [3.8, 4) is 0 Å². The zero-order chi connectivity index (χ0) is 16.5. The van der Waals surface area contributed by atoms with Gasteiger partial charge in [0.25, 0.3) is 0 Å². The van der Waals surface area contributed by atoms with Crippen molar-refractivity contribution in [1.29, 1.82) is 0 Å². The SMILES string of the molecule is CN(C)S(=O)(=O)c1cccc2c1N(C(=O)CCC(=O)O)CC2. The van der Waals surface area contributed by atoms with Gasteiger partial charge in [-0.1, -0.05) is 12.1 Å². The lowest BCUT2D eigenvalue weighted by atomic mass is 10.2. The van der Waals surface area contributed by atoms with E-state index in [4.69, 9.17) is 5.11 Å². The number of nitrogens with zero attached hydrogens (tertiary/aromatic N) is 2. The minimum absolute atomic E-state index is 0.0798. The first kappa shape index (κ1) is 16.4. The van der Waals surface area contributed by atoms with Gasteiger partial charge in [0, 0.05) is 27.1 Å². The summed E-state index contributed by atoms with van der Waals surface area (Å²) in [5.41, 5.74) is 1.16. The van der Waals surface area contributed by atoms with E-state index in [-0.39, 0.29) is 23.6 Å². The van der Waals surface area contributed by atoms with E-state index in [1.165, 1.54) is 25.1 Å². The summed E-state index contributed by atoms with van der Waals surface area (Å²) >= 11 is 0. The van der Waals surface area contributed by atoms with Gasteiger partial charge >= 0.3 is 5.97 Å². The third kappa shape index (κ3) is 2.97. The number of carboxylic acids is 1. The molecule has 1 N–H and O–H groups in total. The van der Waals surface area contributed by atoms with Crippen molar-refractivity contribution in [2.24, 2.45) is 0 Å². The molecular weight excluding hydrogens is 308 g/mol. The van der Waals surface area contributed by atoms with Crippen LogP contribution in [0, 0.1) is 0 Å². The molecule has 0 saturated heterocycles. The maximum absolute atomic E-state index is 12.4. The van der Waals surface area contributed by atoms with E-state index in [9.17, 15) is 18.0 Å². The van der Waals surface area contributed by atoms with Crippen molar-refractivity contribution >= 4 is 27.6 Å². The van der Waals surface area contributed by atoms with Gasteiger partial charge in [-0.3, -0.25) is 9.59 Å². The van der Waals surface area contributed by atoms with Gasteiger partial charge in [0.2, 0.25) is 15.9 Å². The van der Waals surface area contributed by atoms with E-state index in [0.29, 0.717) is 18.7 Å². The second kappa shape index (κ2) is 6.05. The smallest absolute Gasteiger partial charge is 0.303 e. The Kier molecular flexibility index (Phi) is 4.52. The number of benzene rings is 1. The molecule has 8 heteroatoms. The lowest BCUT2D eigenvalue weighted by Gasteiger charge is -2.21. The molecule has 0 saturated carbocycles. The van der Waals surface area contributed by atoms with Crippen LogP contribution in [-0.4, -0.2) is 50.3 Å². The number of anilines is 1. The largest absolute Gasteiger partial charge is 0.481 e. The summed E-state index contributed by atoms with van der Waals surface area (Å²) in [4.78, 5) is 24.3. The van der Waals surface area contributed by atoms with Crippen LogP contribution in [0.2, 0.25) is 0 Å². The average Bonchev–Trinajstić information content (AvgIpc) is 2.88. The maximum Gasteiger partial charge on any atom is 0.303 e. The predicted molar refractivity (Wildman–Crippen MR) is 80.2 cm³/mol.